The number of carbonyl (C=O) groups is 2. The fraction of sp³-hybridized carbons (Fsp3) is 0.714. The Morgan fingerprint density at radius 1 is 1.42 bits per heavy atom. The van der Waals surface area contributed by atoms with Crippen LogP contribution in [0.2, 0.25) is 0 Å². The van der Waals surface area contributed by atoms with Gasteiger partial charge in [-0.3, -0.25) is 4.79 Å². The highest BCUT2D eigenvalue weighted by molar-refractivity contribution is 5.86. The summed E-state index contributed by atoms with van der Waals surface area (Å²) in [5.74, 6) is -0.850. The predicted octanol–water partition coefficient (Wildman–Crippen LogP) is -0.989. The Kier molecular flexibility index (Phi) is 4.28. The second-order valence-electron chi connectivity index (χ2n) is 2.54. The highest BCUT2D eigenvalue weighted by Gasteiger charge is 2.17. The van der Waals surface area contributed by atoms with E-state index >= 15 is 0 Å². The van der Waals surface area contributed by atoms with E-state index < -0.39 is 18.1 Å². The fourth-order valence-corrected chi connectivity index (χ4v) is 0.581. The number of hydrogen-bond donors (Lipinski definition) is 2. The van der Waals surface area contributed by atoms with Crippen molar-refractivity contribution in [2.45, 2.75) is 25.9 Å². The highest BCUT2D eigenvalue weighted by Crippen LogP contribution is 1.86. The lowest BCUT2D eigenvalue weighted by Gasteiger charge is -2.12. The third kappa shape index (κ3) is 3.34. The van der Waals surface area contributed by atoms with Crippen LogP contribution >= 0.6 is 0 Å². The molecule has 5 heteroatoms. The lowest BCUT2D eigenvalue weighted by atomic mass is 10.3. The molecule has 0 aliphatic heterocycles. The summed E-state index contributed by atoms with van der Waals surface area (Å²) in [5, 5.41) is 2.39. The number of nitrogens with two attached hydrogens (primary N) is 1. The molecular weight excluding hydrogens is 160 g/mol. The van der Waals surface area contributed by atoms with E-state index in [2.05, 4.69) is 10.1 Å². The second-order valence-corrected chi connectivity index (χ2v) is 2.54. The lowest BCUT2D eigenvalue weighted by Crippen LogP contribution is -2.46. The van der Waals surface area contributed by atoms with Crippen LogP contribution in [0.3, 0.4) is 0 Å². The van der Waals surface area contributed by atoms with Gasteiger partial charge in [-0.1, -0.05) is 0 Å². The Labute approximate surface area is 71.3 Å². The molecule has 70 valence electrons. The molecule has 0 aliphatic carbocycles. The summed E-state index contributed by atoms with van der Waals surface area (Å²) in [6, 6.07) is -1.26. The van der Waals surface area contributed by atoms with Gasteiger partial charge in [-0.05, 0) is 13.8 Å². The van der Waals surface area contributed by atoms with Crippen LogP contribution in [0.15, 0.2) is 0 Å². The average molecular weight is 174 g/mol. The Hall–Kier alpha value is -1.10. The molecule has 0 saturated heterocycles. The number of carbonyl (C=O) groups excluding carboxylic acids is 2. The number of amides is 1. The lowest BCUT2D eigenvalue weighted by molar-refractivity contribution is -0.144. The summed E-state index contributed by atoms with van der Waals surface area (Å²) in [6.07, 6.45) is 0. The molecule has 12 heavy (non-hydrogen) atoms. The third-order valence-corrected chi connectivity index (χ3v) is 1.33. The van der Waals surface area contributed by atoms with E-state index in [4.69, 9.17) is 5.73 Å². The molecule has 0 fully saturated rings. The van der Waals surface area contributed by atoms with E-state index in [1.807, 2.05) is 0 Å². The van der Waals surface area contributed by atoms with Gasteiger partial charge in [0.05, 0.1) is 13.2 Å². The van der Waals surface area contributed by atoms with E-state index in [-0.39, 0.29) is 5.91 Å². The van der Waals surface area contributed by atoms with Gasteiger partial charge in [-0.2, -0.15) is 0 Å². The normalized spacial score (nSPS) is 14.7. The first kappa shape index (κ1) is 10.9. The number of methoxy groups -OCH3 is 1. The van der Waals surface area contributed by atoms with Crippen molar-refractivity contribution in [3.05, 3.63) is 0 Å². The molecule has 0 aromatic carbocycles. The van der Waals surface area contributed by atoms with Gasteiger partial charge < -0.3 is 15.8 Å². The van der Waals surface area contributed by atoms with Crippen LogP contribution in [-0.4, -0.2) is 31.1 Å². The van der Waals surface area contributed by atoms with Gasteiger partial charge in [0.15, 0.2) is 0 Å². The van der Waals surface area contributed by atoms with Crippen LogP contribution < -0.4 is 11.1 Å². The van der Waals surface area contributed by atoms with Gasteiger partial charge in [0.1, 0.15) is 6.04 Å². The van der Waals surface area contributed by atoms with Crippen LogP contribution in [0.5, 0.6) is 0 Å². The molecule has 0 aliphatic rings. The van der Waals surface area contributed by atoms with Crippen molar-refractivity contribution < 1.29 is 14.3 Å². The quantitative estimate of drug-likeness (QED) is 0.538. The minimum absolute atomic E-state index is 0.368. The zero-order chi connectivity index (χ0) is 9.72. The summed E-state index contributed by atoms with van der Waals surface area (Å²) in [6.45, 7) is 3.07. The maximum Gasteiger partial charge on any atom is 0.328 e. The zero-order valence-corrected chi connectivity index (χ0v) is 7.46. The average Bonchev–Trinajstić information content (AvgIpc) is 2.02. The molecular formula is C7H14N2O3. The summed E-state index contributed by atoms with van der Waals surface area (Å²) in [7, 11) is 1.26. The molecule has 1 amide bonds. The Morgan fingerprint density at radius 2 is 1.92 bits per heavy atom. The van der Waals surface area contributed by atoms with E-state index in [1.54, 1.807) is 6.92 Å². The molecule has 1 unspecified atom stereocenters. The molecule has 2 atom stereocenters. The number of nitrogens with one attached hydrogen (secondary N) is 1. The first-order chi connectivity index (χ1) is 5.49. The topological polar surface area (TPSA) is 81.4 Å². The Balaban J connectivity index is 3.92. The summed E-state index contributed by atoms with van der Waals surface area (Å²) >= 11 is 0. The van der Waals surface area contributed by atoms with E-state index in [0.29, 0.717) is 0 Å². The second kappa shape index (κ2) is 4.71. The van der Waals surface area contributed by atoms with Gasteiger partial charge >= 0.3 is 5.97 Å². The predicted molar refractivity (Wildman–Crippen MR) is 43.3 cm³/mol. The maximum atomic E-state index is 10.9. The summed E-state index contributed by atoms with van der Waals surface area (Å²) in [5.41, 5.74) is 5.26. The first-order valence-corrected chi connectivity index (χ1v) is 3.62. The largest absolute Gasteiger partial charge is 0.467 e. The highest BCUT2D eigenvalue weighted by atomic mass is 16.5. The molecule has 0 aromatic rings. The van der Waals surface area contributed by atoms with E-state index in [9.17, 15) is 9.59 Å². The van der Waals surface area contributed by atoms with Crippen LogP contribution in [0, 0.1) is 0 Å². The van der Waals surface area contributed by atoms with Crippen molar-refractivity contribution in [2.75, 3.05) is 7.11 Å². The minimum atomic E-state index is -0.645. The van der Waals surface area contributed by atoms with Crippen molar-refractivity contribution in [2.24, 2.45) is 5.73 Å². The zero-order valence-electron chi connectivity index (χ0n) is 7.46. The first-order valence-electron chi connectivity index (χ1n) is 3.62. The van der Waals surface area contributed by atoms with Crippen molar-refractivity contribution in [3.63, 3.8) is 0 Å². The van der Waals surface area contributed by atoms with Gasteiger partial charge in [-0.25, -0.2) is 4.79 Å². The molecule has 0 aromatic heterocycles. The fourth-order valence-electron chi connectivity index (χ4n) is 0.581. The Morgan fingerprint density at radius 3 is 2.25 bits per heavy atom. The van der Waals surface area contributed by atoms with E-state index in [0.717, 1.165) is 0 Å². The van der Waals surface area contributed by atoms with Crippen LogP contribution in [0.4, 0.5) is 0 Å². The molecule has 0 spiro atoms. The van der Waals surface area contributed by atoms with Gasteiger partial charge in [0, 0.05) is 0 Å². The number of esters is 1. The van der Waals surface area contributed by atoms with Crippen molar-refractivity contribution in [1.82, 2.24) is 5.32 Å². The van der Waals surface area contributed by atoms with Crippen LogP contribution in [0.1, 0.15) is 13.8 Å². The summed E-state index contributed by atoms with van der Waals surface area (Å²) < 4.78 is 4.40. The number of ether oxygens (including phenoxy) is 1. The third-order valence-electron chi connectivity index (χ3n) is 1.33. The van der Waals surface area contributed by atoms with Crippen molar-refractivity contribution in [1.29, 1.82) is 0 Å². The summed E-state index contributed by atoms with van der Waals surface area (Å²) in [4.78, 5) is 21.7. The van der Waals surface area contributed by atoms with E-state index in [1.165, 1.54) is 14.0 Å². The maximum absolute atomic E-state index is 10.9. The molecule has 0 saturated carbocycles. The Bertz CT molecular complexity index is 179. The molecule has 0 radical (unpaired) electrons. The van der Waals surface area contributed by atoms with Crippen LogP contribution in [0.25, 0.3) is 0 Å². The SMILES string of the molecule is COC(=O)C(C)NC(=O)[C@@H](C)N. The van der Waals surface area contributed by atoms with Crippen molar-refractivity contribution in [3.8, 4) is 0 Å². The smallest absolute Gasteiger partial charge is 0.328 e. The minimum Gasteiger partial charge on any atom is -0.467 e. The number of hydrogen-bond acceptors (Lipinski definition) is 4. The van der Waals surface area contributed by atoms with Gasteiger partial charge in [-0.15, -0.1) is 0 Å². The molecule has 0 bridgehead atoms. The van der Waals surface area contributed by atoms with Crippen molar-refractivity contribution >= 4 is 11.9 Å². The standard InChI is InChI=1S/C7H14N2O3/c1-4(8)6(10)9-5(2)7(11)12-3/h4-5H,8H2,1-3H3,(H,9,10)/t4-,5?/m1/s1. The molecule has 5 nitrogen and oxygen atoms in total. The monoisotopic (exact) mass is 174 g/mol. The molecule has 0 heterocycles. The van der Waals surface area contributed by atoms with Crippen LogP contribution in [-0.2, 0) is 14.3 Å². The van der Waals surface area contributed by atoms with Gasteiger partial charge in [0.25, 0.3) is 0 Å². The molecule has 3 N–H and O–H groups in total. The van der Waals surface area contributed by atoms with Gasteiger partial charge in [0.2, 0.25) is 5.91 Å². The molecule has 0 rings (SSSR count). The number of rotatable bonds is 3.